The highest BCUT2D eigenvalue weighted by molar-refractivity contribution is 8.19. The first kappa shape index (κ1) is 25.7. The Kier molecular flexibility index (Phi) is 7.21. The van der Waals surface area contributed by atoms with E-state index < -0.39 is 0 Å². The van der Waals surface area contributed by atoms with Crippen molar-refractivity contribution < 1.29 is 9.53 Å². The van der Waals surface area contributed by atoms with Gasteiger partial charge in [-0.15, -0.1) is 0 Å². The first-order chi connectivity index (χ1) is 19.5. The predicted octanol–water partition coefficient (Wildman–Crippen LogP) is 8.84. The summed E-state index contributed by atoms with van der Waals surface area (Å²) in [5, 5.41) is 3.01. The van der Waals surface area contributed by atoms with Gasteiger partial charge in [0.05, 0.1) is 16.3 Å². The van der Waals surface area contributed by atoms with E-state index in [4.69, 9.17) is 9.73 Å². The lowest BCUT2D eigenvalue weighted by atomic mass is 10.1. The van der Waals surface area contributed by atoms with E-state index in [2.05, 4.69) is 30.3 Å². The van der Waals surface area contributed by atoms with E-state index in [1.807, 2.05) is 105 Å². The molecule has 0 saturated carbocycles. The lowest BCUT2D eigenvalue weighted by molar-refractivity contribution is -0.113. The fraction of sp³-hybridized carbons (Fsp3) is 0.0857. The van der Waals surface area contributed by atoms with Crippen molar-refractivity contribution in [3.8, 4) is 5.75 Å². The van der Waals surface area contributed by atoms with Crippen molar-refractivity contribution in [2.45, 2.75) is 20.5 Å². The molecule has 0 unspecified atom stereocenters. The predicted molar refractivity (Wildman–Crippen MR) is 167 cm³/mol. The van der Waals surface area contributed by atoms with Crippen LogP contribution in [0.3, 0.4) is 0 Å². The van der Waals surface area contributed by atoms with Crippen molar-refractivity contribution in [3.63, 3.8) is 0 Å². The van der Waals surface area contributed by atoms with Gasteiger partial charge >= 0.3 is 0 Å². The monoisotopic (exact) mass is 540 g/mol. The Balaban J connectivity index is 1.28. The summed E-state index contributed by atoms with van der Waals surface area (Å²) in [6.07, 6.45) is 1.91. The van der Waals surface area contributed by atoms with Gasteiger partial charge < -0.3 is 4.74 Å². The Morgan fingerprint density at radius 2 is 1.50 bits per heavy atom. The average Bonchev–Trinajstić information content (AvgIpc) is 3.27. The molecule has 1 heterocycles. The van der Waals surface area contributed by atoms with E-state index in [0.717, 1.165) is 39.4 Å². The molecule has 0 radical (unpaired) electrons. The van der Waals surface area contributed by atoms with Gasteiger partial charge in [-0.3, -0.25) is 9.69 Å². The highest BCUT2D eigenvalue weighted by Crippen LogP contribution is 2.37. The number of amidine groups is 1. The summed E-state index contributed by atoms with van der Waals surface area (Å²) >= 11 is 1.38. The number of hydrogen-bond donors (Lipinski definition) is 0. The van der Waals surface area contributed by atoms with Crippen LogP contribution in [0.2, 0.25) is 0 Å². The molecule has 0 N–H and O–H groups in total. The molecule has 0 bridgehead atoms. The van der Waals surface area contributed by atoms with Crippen LogP contribution >= 0.6 is 11.8 Å². The number of aliphatic imine (C=N–C) groups is 1. The maximum absolute atomic E-state index is 13.7. The van der Waals surface area contributed by atoms with Crippen LogP contribution in [-0.2, 0) is 11.4 Å². The summed E-state index contributed by atoms with van der Waals surface area (Å²) in [6, 6.07) is 38.4. The number of carbonyl (C=O) groups excluding carboxylic acids is 1. The van der Waals surface area contributed by atoms with Gasteiger partial charge in [0.15, 0.2) is 5.17 Å². The van der Waals surface area contributed by atoms with Crippen molar-refractivity contribution >= 4 is 51.1 Å². The number of amides is 1. The number of rotatable bonds is 6. The molecule has 1 fully saturated rings. The van der Waals surface area contributed by atoms with E-state index in [1.54, 1.807) is 4.90 Å². The maximum Gasteiger partial charge on any atom is 0.271 e. The van der Waals surface area contributed by atoms with Crippen LogP contribution < -0.4 is 9.64 Å². The van der Waals surface area contributed by atoms with Gasteiger partial charge in [-0.1, -0.05) is 90.0 Å². The molecule has 1 aliphatic heterocycles. The fourth-order valence-corrected chi connectivity index (χ4v) is 5.63. The molecule has 5 aromatic carbocycles. The number of anilines is 1. The quantitative estimate of drug-likeness (QED) is 0.202. The van der Waals surface area contributed by atoms with Crippen LogP contribution in [0.1, 0.15) is 22.3 Å². The van der Waals surface area contributed by atoms with Gasteiger partial charge in [0.1, 0.15) is 12.4 Å². The van der Waals surface area contributed by atoms with Crippen LogP contribution in [0.5, 0.6) is 5.75 Å². The smallest absolute Gasteiger partial charge is 0.271 e. The first-order valence-electron chi connectivity index (χ1n) is 13.2. The molecule has 4 nitrogen and oxygen atoms in total. The van der Waals surface area contributed by atoms with Crippen LogP contribution in [0.4, 0.5) is 11.4 Å². The Bertz CT molecular complexity index is 1750. The zero-order chi connectivity index (χ0) is 27.5. The molecule has 40 heavy (non-hydrogen) atoms. The molecule has 1 aliphatic rings. The SMILES string of the molecule is Cc1ccc(N=C2S/C(=C\c3cccc(OCc4cccc5ccccc45)c3)C(=O)N2c2ccc(C)cc2)cc1. The molecule has 196 valence electrons. The van der Waals surface area contributed by atoms with Gasteiger partial charge in [-0.05, 0) is 90.0 Å². The number of fused-ring (bicyclic) bond motifs is 1. The van der Waals surface area contributed by atoms with E-state index in [-0.39, 0.29) is 5.91 Å². The highest BCUT2D eigenvalue weighted by Gasteiger charge is 2.34. The van der Waals surface area contributed by atoms with Crippen LogP contribution in [0.25, 0.3) is 16.8 Å². The normalized spacial score (nSPS) is 15.3. The van der Waals surface area contributed by atoms with Crippen molar-refractivity contribution in [2.24, 2.45) is 4.99 Å². The second kappa shape index (κ2) is 11.2. The fourth-order valence-electron chi connectivity index (χ4n) is 4.62. The van der Waals surface area contributed by atoms with E-state index in [0.29, 0.717) is 16.7 Å². The third-order valence-electron chi connectivity index (χ3n) is 6.79. The van der Waals surface area contributed by atoms with Crippen molar-refractivity contribution in [1.82, 2.24) is 0 Å². The Morgan fingerprint density at radius 1 is 0.800 bits per heavy atom. The number of aryl methyl sites for hydroxylation is 2. The molecule has 0 aromatic heterocycles. The summed E-state index contributed by atoms with van der Waals surface area (Å²) < 4.78 is 6.19. The van der Waals surface area contributed by atoms with Crippen LogP contribution in [0.15, 0.2) is 125 Å². The van der Waals surface area contributed by atoms with Gasteiger partial charge in [-0.2, -0.15) is 0 Å². The maximum atomic E-state index is 13.7. The lowest BCUT2D eigenvalue weighted by Gasteiger charge is -2.16. The minimum atomic E-state index is -0.0956. The van der Waals surface area contributed by atoms with Crippen LogP contribution in [-0.4, -0.2) is 11.1 Å². The molecule has 0 aliphatic carbocycles. The van der Waals surface area contributed by atoms with Crippen LogP contribution in [0, 0.1) is 13.8 Å². The number of ether oxygens (including phenoxy) is 1. The Morgan fingerprint density at radius 3 is 2.30 bits per heavy atom. The number of nitrogens with zero attached hydrogens (tertiary/aromatic N) is 2. The first-order valence-corrected chi connectivity index (χ1v) is 14.0. The van der Waals surface area contributed by atoms with E-state index in [9.17, 15) is 4.79 Å². The van der Waals surface area contributed by atoms with Crippen molar-refractivity contribution in [2.75, 3.05) is 4.90 Å². The molecule has 1 amide bonds. The zero-order valence-corrected chi connectivity index (χ0v) is 23.2. The molecule has 1 saturated heterocycles. The molecule has 5 aromatic rings. The minimum absolute atomic E-state index is 0.0956. The van der Waals surface area contributed by atoms with Crippen molar-refractivity contribution in [3.05, 3.63) is 142 Å². The zero-order valence-electron chi connectivity index (χ0n) is 22.4. The number of benzene rings is 5. The third kappa shape index (κ3) is 5.56. The number of thioether (sulfide) groups is 1. The molecule has 6 rings (SSSR count). The summed E-state index contributed by atoms with van der Waals surface area (Å²) in [5.74, 6) is 0.656. The topological polar surface area (TPSA) is 41.9 Å². The van der Waals surface area contributed by atoms with Gasteiger partial charge in [0.25, 0.3) is 5.91 Å². The number of hydrogen-bond acceptors (Lipinski definition) is 4. The molecular weight excluding hydrogens is 512 g/mol. The van der Waals surface area contributed by atoms with Gasteiger partial charge in [0, 0.05) is 0 Å². The molecule has 0 spiro atoms. The van der Waals surface area contributed by atoms with E-state index in [1.165, 1.54) is 22.5 Å². The standard InChI is InChI=1S/C35H28N2O2S/c1-24-13-17-29(18-14-24)36-35-37(30-19-15-25(2)16-20-30)34(38)33(40-35)22-26-7-5-11-31(21-26)39-23-28-10-6-9-27-8-3-4-12-32(27)28/h3-22H,23H2,1-2H3/b33-22-,36-35?. The lowest BCUT2D eigenvalue weighted by Crippen LogP contribution is -2.28. The van der Waals surface area contributed by atoms with Gasteiger partial charge in [-0.25, -0.2) is 4.99 Å². The molecular formula is C35H28N2O2S. The summed E-state index contributed by atoms with van der Waals surface area (Å²) in [6.45, 7) is 4.54. The summed E-state index contributed by atoms with van der Waals surface area (Å²) in [4.78, 5) is 20.8. The second-order valence-corrected chi connectivity index (χ2v) is 10.8. The average molecular weight is 541 g/mol. The number of carbonyl (C=O) groups is 1. The Labute approximate surface area is 238 Å². The second-order valence-electron chi connectivity index (χ2n) is 9.82. The Hall–Kier alpha value is -4.61. The minimum Gasteiger partial charge on any atom is -0.489 e. The molecule has 0 atom stereocenters. The largest absolute Gasteiger partial charge is 0.489 e. The summed E-state index contributed by atoms with van der Waals surface area (Å²) in [7, 11) is 0. The van der Waals surface area contributed by atoms with E-state index >= 15 is 0 Å². The highest BCUT2D eigenvalue weighted by atomic mass is 32.2. The van der Waals surface area contributed by atoms with Crippen molar-refractivity contribution in [1.29, 1.82) is 0 Å². The molecule has 5 heteroatoms. The van der Waals surface area contributed by atoms with Gasteiger partial charge in [0.2, 0.25) is 0 Å². The summed E-state index contributed by atoms with van der Waals surface area (Å²) in [5.41, 5.74) is 5.93. The third-order valence-corrected chi connectivity index (χ3v) is 7.76.